The minimum atomic E-state index is -0.811. The first-order chi connectivity index (χ1) is 9.13. The predicted octanol–water partition coefficient (Wildman–Crippen LogP) is 2.83. The summed E-state index contributed by atoms with van der Waals surface area (Å²) < 4.78 is 10.3. The molecule has 1 N–H and O–H groups in total. The van der Waals surface area contributed by atoms with Gasteiger partial charge in [0.25, 0.3) is 0 Å². The average molecular weight is 280 g/mol. The number of methoxy groups -OCH3 is 2. The molecule has 1 heterocycles. The highest BCUT2D eigenvalue weighted by Crippen LogP contribution is 2.29. The lowest BCUT2D eigenvalue weighted by Gasteiger charge is -2.14. The predicted molar refractivity (Wildman–Crippen MR) is 72.9 cm³/mol. The molecule has 0 aliphatic heterocycles. The molecule has 2 rings (SSSR count). The molecule has 2 aromatic rings. The highest BCUT2D eigenvalue weighted by molar-refractivity contribution is 6.29. The number of hydrogen-bond acceptors (Lipinski definition) is 4. The third-order valence-corrected chi connectivity index (χ3v) is 2.98. The van der Waals surface area contributed by atoms with Crippen LogP contribution < -0.4 is 9.47 Å². The standard InChI is InChI=1S/C14H14ClNO3/c1-18-11-5-10(6-12(7-11)19-2)14(17)9-3-4-13(15)16-8-9/h3-8,14,17H,1-2H3. The van der Waals surface area contributed by atoms with E-state index in [2.05, 4.69) is 4.98 Å². The zero-order valence-electron chi connectivity index (χ0n) is 10.6. The maximum absolute atomic E-state index is 10.3. The third kappa shape index (κ3) is 3.16. The van der Waals surface area contributed by atoms with Gasteiger partial charge < -0.3 is 14.6 Å². The van der Waals surface area contributed by atoms with Gasteiger partial charge in [0.1, 0.15) is 22.8 Å². The maximum Gasteiger partial charge on any atom is 0.129 e. The second kappa shape index (κ2) is 5.91. The molecule has 1 unspecified atom stereocenters. The molecule has 4 nitrogen and oxygen atoms in total. The normalized spacial score (nSPS) is 12.0. The van der Waals surface area contributed by atoms with Gasteiger partial charge in [-0.25, -0.2) is 4.98 Å². The highest BCUT2D eigenvalue weighted by atomic mass is 35.5. The monoisotopic (exact) mass is 279 g/mol. The van der Waals surface area contributed by atoms with E-state index in [4.69, 9.17) is 21.1 Å². The van der Waals surface area contributed by atoms with Crippen LogP contribution in [0.1, 0.15) is 17.2 Å². The quantitative estimate of drug-likeness (QED) is 0.875. The Labute approximate surface area is 116 Å². The summed E-state index contributed by atoms with van der Waals surface area (Å²) in [5.74, 6) is 1.24. The van der Waals surface area contributed by atoms with Crippen molar-refractivity contribution in [3.8, 4) is 11.5 Å². The minimum Gasteiger partial charge on any atom is -0.497 e. The maximum atomic E-state index is 10.3. The van der Waals surface area contributed by atoms with E-state index in [1.54, 1.807) is 50.7 Å². The van der Waals surface area contributed by atoms with E-state index in [1.807, 2.05) is 0 Å². The van der Waals surface area contributed by atoms with E-state index >= 15 is 0 Å². The van der Waals surface area contributed by atoms with E-state index in [9.17, 15) is 5.11 Å². The van der Waals surface area contributed by atoms with Gasteiger partial charge >= 0.3 is 0 Å². The molecule has 0 amide bonds. The topological polar surface area (TPSA) is 51.6 Å². The van der Waals surface area contributed by atoms with Crippen LogP contribution in [0.5, 0.6) is 11.5 Å². The fourth-order valence-electron chi connectivity index (χ4n) is 1.73. The minimum absolute atomic E-state index is 0.388. The third-order valence-electron chi connectivity index (χ3n) is 2.76. The molecule has 1 aromatic carbocycles. The molecular formula is C14H14ClNO3. The summed E-state index contributed by atoms with van der Waals surface area (Å²) in [6.07, 6.45) is 0.729. The van der Waals surface area contributed by atoms with Crippen molar-refractivity contribution in [2.75, 3.05) is 14.2 Å². The van der Waals surface area contributed by atoms with Gasteiger partial charge in [-0.05, 0) is 23.8 Å². The molecule has 5 heteroatoms. The summed E-state index contributed by atoms with van der Waals surface area (Å²) >= 11 is 5.72. The Morgan fingerprint density at radius 3 is 2.16 bits per heavy atom. The highest BCUT2D eigenvalue weighted by Gasteiger charge is 2.13. The number of halogens is 1. The van der Waals surface area contributed by atoms with Gasteiger partial charge in [0.15, 0.2) is 0 Å². The fraction of sp³-hybridized carbons (Fsp3) is 0.214. The zero-order valence-corrected chi connectivity index (χ0v) is 11.4. The lowest BCUT2D eigenvalue weighted by atomic mass is 10.0. The first kappa shape index (κ1) is 13.6. The largest absolute Gasteiger partial charge is 0.497 e. The van der Waals surface area contributed by atoms with Crippen LogP contribution >= 0.6 is 11.6 Å². The van der Waals surface area contributed by atoms with Gasteiger partial charge in [-0.2, -0.15) is 0 Å². The average Bonchev–Trinajstić information content (AvgIpc) is 2.46. The molecule has 19 heavy (non-hydrogen) atoms. The van der Waals surface area contributed by atoms with E-state index in [0.29, 0.717) is 27.8 Å². The summed E-state index contributed by atoms with van der Waals surface area (Å²) in [6, 6.07) is 8.61. The van der Waals surface area contributed by atoms with Gasteiger partial charge in [0.05, 0.1) is 14.2 Å². The van der Waals surface area contributed by atoms with Crippen LogP contribution in [0, 0.1) is 0 Å². The molecule has 0 spiro atoms. The van der Waals surface area contributed by atoms with Gasteiger partial charge in [-0.3, -0.25) is 0 Å². The van der Waals surface area contributed by atoms with Crippen LogP contribution in [0.3, 0.4) is 0 Å². The van der Waals surface area contributed by atoms with Crippen molar-refractivity contribution in [2.45, 2.75) is 6.10 Å². The second-order valence-electron chi connectivity index (χ2n) is 3.96. The summed E-state index contributed by atoms with van der Waals surface area (Å²) in [4.78, 5) is 3.95. The Morgan fingerprint density at radius 1 is 1.05 bits per heavy atom. The fourth-order valence-corrected chi connectivity index (χ4v) is 1.84. The molecule has 1 atom stereocenters. The molecular weight excluding hydrogens is 266 g/mol. The molecule has 0 aliphatic rings. The number of rotatable bonds is 4. The number of aliphatic hydroxyl groups is 1. The number of benzene rings is 1. The number of aromatic nitrogens is 1. The summed E-state index contributed by atoms with van der Waals surface area (Å²) in [7, 11) is 3.13. The van der Waals surface area contributed by atoms with E-state index < -0.39 is 6.10 Å². The molecule has 0 saturated heterocycles. The Kier molecular flexibility index (Phi) is 4.24. The first-order valence-corrected chi connectivity index (χ1v) is 6.04. The van der Waals surface area contributed by atoms with Crippen LogP contribution in [-0.4, -0.2) is 24.3 Å². The molecule has 1 aromatic heterocycles. The number of nitrogens with zero attached hydrogens (tertiary/aromatic N) is 1. The SMILES string of the molecule is COc1cc(OC)cc(C(O)c2ccc(Cl)nc2)c1. The van der Waals surface area contributed by atoms with Crippen molar-refractivity contribution in [3.05, 3.63) is 52.8 Å². The first-order valence-electron chi connectivity index (χ1n) is 5.66. The Bertz CT molecular complexity index is 535. The Balaban J connectivity index is 2.37. The van der Waals surface area contributed by atoms with Gasteiger partial charge in [0, 0.05) is 17.8 Å². The van der Waals surface area contributed by atoms with Crippen LogP contribution in [0.25, 0.3) is 0 Å². The summed E-state index contributed by atoms with van der Waals surface area (Å²) in [6.45, 7) is 0. The summed E-state index contributed by atoms with van der Waals surface area (Å²) in [5.41, 5.74) is 1.32. The van der Waals surface area contributed by atoms with Gasteiger partial charge in [0.2, 0.25) is 0 Å². The number of aliphatic hydroxyl groups excluding tert-OH is 1. The Hall–Kier alpha value is -1.78. The molecule has 0 bridgehead atoms. The van der Waals surface area contributed by atoms with E-state index in [1.165, 1.54) is 0 Å². The van der Waals surface area contributed by atoms with Gasteiger partial charge in [-0.15, -0.1) is 0 Å². The Morgan fingerprint density at radius 2 is 1.68 bits per heavy atom. The summed E-state index contributed by atoms with van der Waals surface area (Å²) in [5, 5.41) is 10.7. The van der Waals surface area contributed by atoms with Gasteiger partial charge in [-0.1, -0.05) is 17.7 Å². The van der Waals surface area contributed by atoms with Crippen molar-refractivity contribution in [2.24, 2.45) is 0 Å². The van der Waals surface area contributed by atoms with Crippen LogP contribution in [0.2, 0.25) is 5.15 Å². The van der Waals surface area contributed by atoms with Crippen molar-refractivity contribution in [3.63, 3.8) is 0 Å². The van der Waals surface area contributed by atoms with Crippen LogP contribution in [0.4, 0.5) is 0 Å². The van der Waals surface area contributed by atoms with Crippen molar-refractivity contribution in [1.82, 2.24) is 4.98 Å². The smallest absolute Gasteiger partial charge is 0.129 e. The zero-order chi connectivity index (χ0) is 13.8. The van der Waals surface area contributed by atoms with Crippen molar-refractivity contribution < 1.29 is 14.6 Å². The van der Waals surface area contributed by atoms with Crippen molar-refractivity contribution in [1.29, 1.82) is 0 Å². The van der Waals surface area contributed by atoms with Crippen LogP contribution in [0.15, 0.2) is 36.5 Å². The number of hydrogen-bond donors (Lipinski definition) is 1. The molecule has 0 saturated carbocycles. The van der Waals surface area contributed by atoms with Crippen LogP contribution in [-0.2, 0) is 0 Å². The van der Waals surface area contributed by atoms with E-state index in [0.717, 1.165) is 0 Å². The van der Waals surface area contributed by atoms with Crippen molar-refractivity contribution >= 4 is 11.6 Å². The van der Waals surface area contributed by atoms with E-state index in [-0.39, 0.29) is 0 Å². The molecule has 0 radical (unpaired) electrons. The molecule has 0 fully saturated rings. The second-order valence-corrected chi connectivity index (χ2v) is 4.35. The molecule has 100 valence electrons. The lowest BCUT2D eigenvalue weighted by Crippen LogP contribution is -2.01. The number of pyridine rings is 1. The molecule has 0 aliphatic carbocycles. The lowest BCUT2D eigenvalue weighted by molar-refractivity contribution is 0.218. The number of ether oxygens (including phenoxy) is 2.